The van der Waals surface area contributed by atoms with Crippen molar-refractivity contribution in [2.24, 2.45) is 35.5 Å². The minimum absolute atomic E-state index is 0.0359. The normalized spacial score (nSPS) is 48.9. The number of hydrogen-bond donors (Lipinski definition) is 1. The van der Waals surface area contributed by atoms with Gasteiger partial charge in [-0.1, -0.05) is 18.6 Å². The second-order valence-electron chi connectivity index (χ2n) is 9.52. The van der Waals surface area contributed by atoms with Gasteiger partial charge in [-0.25, -0.2) is 8.78 Å². The number of alkyl halides is 2. The van der Waals surface area contributed by atoms with Gasteiger partial charge in [-0.3, -0.25) is 0 Å². The summed E-state index contributed by atoms with van der Waals surface area (Å²) >= 11 is 0. The third-order valence-corrected chi connectivity index (χ3v) is 7.93. The molecule has 0 aromatic heterocycles. The average molecular weight is 353 g/mol. The van der Waals surface area contributed by atoms with Crippen LogP contribution in [0.2, 0.25) is 0 Å². The first-order valence-electron chi connectivity index (χ1n) is 10.7. The molecular formula is C22H34F2O. The Balaban J connectivity index is 1.34. The monoisotopic (exact) mass is 352 g/mol. The largest absolute Gasteiger partial charge is 0.390 e. The summed E-state index contributed by atoms with van der Waals surface area (Å²) < 4.78 is 28.5. The van der Waals surface area contributed by atoms with Crippen LogP contribution in [-0.2, 0) is 0 Å². The summed E-state index contributed by atoms with van der Waals surface area (Å²) in [6.07, 6.45) is 9.99. The molecule has 0 amide bonds. The van der Waals surface area contributed by atoms with E-state index in [4.69, 9.17) is 0 Å². The fourth-order valence-corrected chi connectivity index (χ4v) is 6.21. The summed E-state index contributed by atoms with van der Waals surface area (Å²) in [6.45, 7) is 1.97. The van der Waals surface area contributed by atoms with Crippen LogP contribution in [0.5, 0.6) is 0 Å². The van der Waals surface area contributed by atoms with Crippen molar-refractivity contribution >= 4 is 0 Å². The first-order chi connectivity index (χ1) is 12.0. The van der Waals surface area contributed by atoms with Crippen molar-refractivity contribution < 1.29 is 13.9 Å². The lowest BCUT2D eigenvalue weighted by molar-refractivity contribution is -0.0491. The van der Waals surface area contributed by atoms with Gasteiger partial charge in [0.25, 0.3) is 0 Å². The summed E-state index contributed by atoms with van der Waals surface area (Å²) in [6, 6.07) is 0. The lowest BCUT2D eigenvalue weighted by Crippen LogP contribution is -2.46. The Morgan fingerprint density at radius 1 is 0.840 bits per heavy atom. The smallest absolute Gasteiger partial charge is 0.157 e. The summed E-state index contributed by atoms with van der Waals surface area (Å²) in [5.74, 6) is 3.39. The van der Waals surface area contributed by atoms with Gasteiger partial charge in [0.15, 0.2) is 6.17 Å². The zero-order valence-corrected chi connectivity index (χ0v) is 15.5. The quantitative estimate of drug-likeness (QED) is 0.653. The van der Waals surface area contributed by atoms with Crippen molar-refractivity contribution in [1.82, 2.24) is 0 Å². The fraction of sp³-hybridized carbons (Fsp3) is 0.909. The van der Waals surface area contributed by atoms with E-state index in [0.717, 1.165) is 48.5 Å². The van der Waals surface area contributed by atoms with Crippen LogP contribution in [0.1, 0.15) is 71.1 Å². The lowest BCUT2D eigenvalue weighted by atomic mass is 9.66. The average Bonchev–Trinajstić information content (AvgIpc) is 3.46. The van der Waals surface area contributed by atoms with E-state index in [-0.39, 0.29) is 11.8 Å². The zero-order chi connectivity index (χ0) is 17.6. The number of hydrogen-bond acceptors (Lipinski definition) is 1. The highest BCUT2D eigenvalue weighted by atomic mass is 19.2. The minimum atomic E-state index is -1.71. The predicted molar refractivity (Wildman–Crippen MR) is 96.7 cm³/mol. The highest BCUT2D eigenvalue weighted by Gasteiger charge is 2.45. The Hall–Kier alpha value is -0.440. The number of aliphatic hydroxyl groups excluding tert-OH is 1. The molecule has 3 heteroatoms. The molecule has 0 heterocycles. The predicted octanol–water partition coefficient (Wildman–Crippen LogP) is 5.62. The third-order valence-electron chi connectivity index (χ3n) is 7.93. The summed E-state index contributed by atoms with van der Waals surface area (Å²) in [5, 5.41) is 9.68. The molecule has 0 aromatic carbocycles. The standard InChI is InChI=1S/C22H34F2O/c1-13-12-19(25)21(23)22(24)20(13)18-10-8-17(9-11-18)16-6-4-15(5-7-16)14-2-3-14/h10,13-17,19-22,25H,2-9,11-12H2,1H3. The van der Waals surface area contributed by atoms with E-state index in [0.29, 0.717) is 6.42 Å². The molecule has 0 spiro atoms. The van der Waals surface area contributed by atoms with Crippen molar-refractivity contribution in [1.29, 1.82) is 0 Å². The SMILES string of the molecule is CC1CC(O)C(F)C(F)C1C1=CCC(C2CCC(C3CC3)CC2)CC1. The Kier molecular flexibility index (Phi) is 5.23. The minimum Gasteiger partial charge on any atom is -0.390 e. The summed E-state index contributed by atoms with van der Waals surface area (Å²) in [5.41, 5.74) is 1.14. The molecule has 3 saturated carbocycles. The number of rotatable bonds is 3. The van der Waals surface area contributed by atoms with Crippen molar-refractivity contribution in [3.05, 3.63) is 11.6 Å². The van der Waals surface area contributed by atoms with Gasteiger partial charge >= 0.3 is 0 Å². The van der Waals surface area contributed by atoms with Gasteiger partial charge in [-0.05, 0) is 93.8 Å². The highest BCUT2D eigenvalue weighted by Crippen LogP contribution is 2.49. The maximum atomic E-state index is 14.5. The molecule has 1 N–H and O–H groups in total. The molecule has 142 valence electrons. The zero-order valence-electron chi connectivity index (χ0n) is 15.5. The number of halogens is 2. The van der Waals surface area contributed by atoms with Crippen LogP contribution in [-0.4, -0.2) is 23.6 Å². The molecule has 1 nitrogen and oxygen atoms in total. The van der Waals surface area contributed by atoms with Gasteiger partial charge in [-0.2, -0.15) is 0 Å². The number of allylic oxidation sites excluding steroid dienone is 2. The van der Waals surface area contributed by atoms with Crippen LogP contribution in [0.4, 0.5) is 8.78 Å². The molecule has 0 saturated heterocycles. The van der Waals surface area contributed by atoms with Crippen molar-refractivity contribution in [2.75, 3.05) is 0 Å². The van der Waals surface area contributed by atoms with Gasteiger partial charge in [-0.15, -0.1) is 0 Å². The van der Waals surface area contributed by atoms with Crippen molar-refractivity contribution in [2.45, 2.75) is 89.6 Å². The van der Waals surface area contributed by atoms with Crippen LogP contribution in [0.15, 0.2) is 11.6 Å². The Bertz CT molecular complexity index is 492. The molecule has 4 aliphatic rings. The molecule has 6 unspecified atom stereocenters. The number of aliphatic hydroxyl groups is 1. The van der Waals surface area contributed by atoms with Crippen LogP contribution in [0.25, 0.3) is 0 Å². The van der Waals surface area contributed by atoms with E-state index in [9.17, 15) is 13.9 Å². The Morgan fingerprint density at radius 2 is 1.40 bits per heavy atom. The van der Waals surface area contributed by atoms with Gasteiger partial charge in [0.1, 0.15) is 6.17 Å². The topological polar surface area (TPSA) is 20.2 Å². The second-order valence-corrected chi connectivity index (χ2v) is 9.52. The molecular weight excluding hydrogens is 318 g/mol. The van der Waals surface area contributed by atoms with Crippen LogP contribution >= 0.6 is 0 Å². The van der Waals surface area contributed by atoms with Gasteiger partial charge in [0.05, 0.1) is 6.10 Å². The van der Waals surface area contributed by atoms with E-state index in [1.54, 1.807) is 0 Å². The summed E-state index contributed by atoms with van der Waals surface area (Å²) in [7, 11) is 0. The maximum Gasteiger partial charge on any atom is 0.157 e. The van der Waals surface area contributed by atoms with E-state index in [2.05, 4.69) is 6.08 Å². The van der Waals surface area contributed by atoms with Gasteiger partial charge in [0, 0.05) is 5.92 Å². The Labute approximate surface area is 151 Å². The molecule has 0 bridgehead atoms. The molecule has 3 fully saturated rings. The van der Waals surface area contributed by atoms with Gasteiger partial charge < -0.3 is 5.11 Å². The maximum absolute atomic E-state index is 14.5. The molecule has 6 atom stereocenters. The Morgan fingerprint density at radius 3 is 1.92 bits per heavy atom. The molecule has 25 heavy (non-hydrogen) atoms. The molecule has 4 aliphatic carbocycles. The van der Waals surface area contributed by atoms with E-state index in [1.165, 1.54) is 38.5 Å². The molecule has 0 aliphatic heterocycles. The van der Waals surface area contributed by atoms with E-state index >= 15 is 0 Å². The van der Waals surface area contributed by atoms with Crippen LogP contribution in [0, 0.1) is 35.5 Å². The lowest BCUT2D eigenvalue weighted by Gasteiger charge is -2.41. The first kappa shape index (κ1) is 17.9. The second kappa shape index (κ2) is 7.29. The highest BCUT2D eigenvalue weighted by molar-refractivity contribution is 5.16. The fourth-order valence-electron chi connectivity index (χ4n) is 6.21. The van der Waals surface area contributed by atoms with Gasteiger partial charge in [0.2, 0.25) is 0 Å². The summed E-state index contributed by atoms with van der Waals surface area (Å²) in [4.78, 5) is 0. The van der Waals surface area contributed by atoms with Crippen LogP contribution in [0.3, 0.4) is 0 Å². The van der Waals surface area contributed by atoms with E-state index in [1.807, 2.05) is 6.92 Å². The van der Waals surface area contributed by atoms with E-state index < -0.39 is 18.4 Å². The first-order valence-corrected chi connectivity index (χ1v) is 10.7. The third kappa shape index (κ3) is 3.68. The molecule has 4 rings (SSSR count). The van der Waals surface area contributed by atoms with Crippen molar-refractivity contribution in [3.63, 3.8) is 0 Å². The molecule has 0 radical (unpaired) electrons. The molecule has 0 aromatic rings. The van der Waals surface area contributed by atoms with Crippen LogP contribution < -0.4 is 0 Å². The van der Waals surface area contributed by atoms with Crippen molar-refractivity contribution in [3.8, 4) is 0 Å².